The summed E-state index contributed by atoms with van der Waals surface area (Å²) in [5.74, 6) is 0.342. The summed E-state index contributed by atoms with van der Waals surface area (Å²) in [6, 6.07) is 2.07. The molecule has 0 bridgehead atoms. The van der Waals surface area contributed by atoms with Crippen molar-refractivity contribution in [3.63, 3.8) is 0 Å². The third kappa shape index (κ3) is 1.73. The Bertz CT molecular complexity index is 321. The van der Waals surface area contributed by atoms with Gasteiger partial charge in [0.25, 0.3) is 0 Å². The van der Waals surface area contributed by atoms with Crippen LogP contribution in [0.2, 0.25) is 0 Å². The molecule has 0 saturated heterocycles. The first-order valence-electron chi connectivity index (χ1n) is 4.14. The summed E-state index contributed by atoms with van der Waals surface area (Å²) >= 11 is 1.29. The fourth-order valence-corrected chi connectivity index (χ4v) is 2.02. The molecule has 1 aromatic heterocycles. The van der Waals surface area contributed by atoms with Crippen LogP contribution in [-0.4, -0.2) is 17.5 Å². The van der Waals surface area contributed by atoms with Crippen LogP contribution in [0.1, 0.15) is 19.4 Å². The second-order valence-electron chi connectivity index (χ2n) is 2.53. The SMILES string of the molecule is CCN(CC)c1snc(N)c1C#N. The highest BCUT2D eigenvalue weighted by Crippen LogP contribution is 2.29. The van der Waals surface area contributed by atoms with E-state index in [4.69, 9.17) is 11.0 Å². The fourth-order valence-electron chi connectivity index (χ4n) is 1.13. The summed E-state index contributed by atoms with van der Waals surface area (Å²) < 4.78 is 3.96. The molecule has 70 valence electrons. The maximum atomic E-state index is 8.84. The van der Waals surface area contributed by atoms with E-state index in [1.807, 2.05) is 13.8 Å². The molecular formula is C8H12N4S. The van der Waals surface area contributed by atoms with Gasteiger partial charge in [-0.1, -0.05) is 0 Å². The first-order valence-corrected chi connectivity index (χ1v) is 4.92. The highest BCUT2D eigenvalue weighted by atomic mass is 32.1. The normalized spacial score (nSPS) is 9.62. The highest BCUT2D eigenvalue weighted by Gasteiger charge is 2.14. The molecule has 0 aliphatic carbocycles. The molecule has 0 spiro atoms. The van der Waals surface area contributed by atoms with Gasteiger partial charge >= 0.3 is 0 Å². The molecule has 0 saturated carbocycles. The monoisotopic (exact) mass is 196 g/mol. The maximum Gasteiger partial charge on any atom is 0.157 e. The quantitative estimate of drug-likeness (QED) is 0.794. The Morgan fingerprint density at radius 1 is 1.54 bits per heavy atom. The van der Waals surface area contributed by atoms with Gasteiger partial charge in [-0.3, -0.25) is 0 Å². The molecule has 0 atom stereocenters. The van der Waals surface area contributed by atoms with Gasteiger partial charge < -0.3 is 10.6 Å². The molecule has 0 amide bonds. The molecule has 1 heterocycles. The lowest BCUT2D eigenvalue weighted by molar-refractivity contribution is 0.875. The van der Waals surface area contributed by atoms with Crippen molar-refractivity contribution in [2.45, 2.75) is 13.8 Å². The number of aromatic nitrogens is 1. The van der Waals surface area contributed by atoms with Crippen LogP contribution < -0.4 is 10.6 Å². The smallest absolute Gasteiger partial charge is 0.157 e. The average Bonchev–Trinajstić information content (AvgIpc) is 2.50. The number of rotatable bonds is 3. The number of hydrogen-bond donors (Lipinski definition) is 1. The third-order valence-corrected chi connectivity index (χ3v) is 2.79. The minimum atomic E-state index is 0.342. The van der Waals surface area contributed by atoms with Gasteiger partial charge in [0.1, 0.15) is 16.6 Å². The van der Waals surface area contributed by atoms with E-state index in [2.05, 4.69) is 15.3 Å². The van der Waals surface area contributed by atoms with Gasteiger partial charge in [0, 0.05) is 13.1 Å². The minimum absolute atomic E-state index is 0.342. The van der Waals surface area contributed by atoms with Gasteiger partial charge in [-0.15, -0.1) is 0 Å². The topological polar surface area (TPSA) is 65.9 Å². The molecule has 13 heavy (non-hydrogen) atoms. The van der Waals surface area contributed by atoms with Gasteiger partial charge in [0.2, 0.25) is 0 Å². The molecule has 5 heteroatoms. The second kappa shape index (κ2) is 4.10. The second-order valence-corrected chi connectivity index (χ2v) is 3.28. The first kappa shape index (κ1) is 9.81. The first-order chi connectivity index (χ1) is 6.24. The number of nitrogen functional groups attached to an aromatic ring is 1. The summed E-state index contributed by atoms with van der Waals surface area (Å²) in [5.41, 5.74) is 6.06. The van der Waals surface area contributed by atoms with E-state index < -0.39 is 0 Å². The summed E-state index contributed by atoms with van der Waals surface area (Å²) in [6.07, 6.45) is 0. The fraction of sp³-hybridized carbons (Fsp3) is 0.500. The Labute approximate surface area is 81.7 Å². The highest BCUT2D eigenvalue weighted by molar-refractivity contribution is 7.10. The zero-order valence-corrected chi connectivity index (χ0v) is 8.56. The summed E-state index contributed by atoms with van der Waals surface area (Å²) in [4.78, 5) is 2.08. The van der Waals surface area contributed by atoms with Crippen molar-refractivity contribution >= 4 is 22.4 Å². The van der Waals surface area contributed by atoms with Gasteiger partial charge in [0.05, 0.1) is 0 Å². The van der Waals surface area contributed by atoms with E-state index in [0.29, 0.717) is 11.4 Å². The Hall–Kier alpha value is -1.28. The lowest BCUT2D eigenvalue weighted by Gasteiger charge is -2.17. The lowest BCUT2D eigenvalue weighted by Crippen LogP contribution is -2.21. The standard InChI is InChI=1S/C8H12N4S/c1-3-12(4-2)8-6(5-9)7(10)11-13-8/h3-4H2,1-2H3,(H2,10,11). The molecular weight excluding hydrogens is 184 g/mol. The van der Waals surface area contributed by atoms with Crippen LogP contribution in [0, 0.1) is 11.3 Å². The van der Waals surface area contributed by atoms with Crippen LogP contribution in [0.5, 0.6) is 0 Å². The van der Waals surface area contributed by atoms with Gasteiger partial charge in [-0.2, -0.15) is 9.64 Å². The van der Waals surface area contributed by atoms with Gasteiger partial charge in [-0.25, -0.2) is 0 Å². The third-order valence-electron chi connectivity index (χ3n) is 1.86. The van der Waals surface area contributed by atoms with Crippen molar-refractivity contribution in [3.8, 4) is 6.07 Å². The van der Waals surface area contributed by atoms with E-state index in [1.165, 1.54) is 11.5 Å². The molecule has 0 unspecified atom stereocenters. The van der Waals surface area contributed by atoms with Crippen molar-refractivity contribution in [3.05, 3.63) is 5.56 Å². The zero-order chi connectivity index (χ0) is 9.84. The number of nitrogens with zero attached hydrogens (tertiary/aromatic N) is 3. The number of hydrogen-bond acceptors (Lipinski definition) is 5. The number of anilines is 2. The zero-order valence-electron chi connectivity index (χ0n) is 7.74. The number of nitrogens with two attached hydrogens (primary N) is 1. The Kier molecular flexibility index (Phi) is 3.09. The number of nitriles is 1. The molecule has 4 nitrogen and oxygen atoms in total. The minimum Gasteiger partial charge on any atom is -0.382 e. The van der Waals surface area contributed by atoms with Crippen LogP contribution in [0.15, 0.2) is 0 Å². The van der Waals surface area contributed by atoms with Crippen LogP contribution in [0.25, 0.3) is 0 Å². The predicted octanol–water partition coefficient (Wildman–Crippen LogP) is 1.44. The van der Waals surface area contributed by atoms with E-state index >= 15 is 0 Å². The molecule has 0 aliphatic rings. The summed E-state index contributed by atoms with van der Waals surface area (Å²) in [7, 11) is 0. The van der Waals surface area contributed by atoms with E-state index in [0.717, 1.165) is 18.1 Å². The van der Waals surface area contributed by atoms with Crippen LogP contribution in [0.3, 0.4) is 0 Å². The Balaban J connectivity index is 3.07. The molecule has 0 aromatic carbocycles. The van der Waals surface area contributed by atoms with Crippen molar-refractivity contribution in [1.29, 1.82) is 5.26 Å². The molecule has 0 fully saturated rings. The van der Waals surface area contributed by atoms with Crippen molar-refractivity contribution in [2.75, 3.05) is 23.7 Å². The molecule has 0 radical (unpaired) electrons. The van der Waals surface area contributed by atoms with Crippen molar-refractivity contribution < 1.29 is 0 Å². The van der Waals surface area contributed by atoms with Gasteiger partial charge in [0.15, 0.2) is 5.82 Å². The van der Waals surface area contributed by atoms with E-state index in [-0.39, 0.29) is 0 Å². The van der Waals surface area contributed by atoms with Crippen molar-refractivity contribution in [2.24, 2.45) is 0 Å². The average molecular weight is 196 g/mol. The Morgan fingerprint density at radius 2 is 2.15 bits per heavy atom. The Morgan fingerprint density at radius 3 is 2.62 bits per heavy atom. The molecule has 0 aliphatic heterocycles. The van der Waals surface area contributed by atoms with E-state index in [1.54, 1.807) is 0 Å². The molecule has 1 rings (SSSR count). The van der Waals surface area contributed by atoms with Crippen LogP contribution in [0.4, 0.5) is 10.8 Å². The van der Waals surface area contributed by atoms with E-state index in [9.17, 15) is 0 Å². The summed E-state index contributed by atoms with van der Waals surface area (Å²) in [6.45, 7) is 5.82. The molecule has 2 N–H and O–H groups in total. The van der Waals surface area contributed by atoms with Crippen LogP contribution in [-0.2, 0) is 0 Å². The summed E-state index contributed by atoms with van der Waals surface area (Å²) in [5, 5.41) is 9.72. The predicted molar refractivity (Wildman–Crippen MR) is 54.8 cm³/mol. The van der Waals surface area contributed by atoms with Crippen LogP contribution >= 0.6 is 11.5 Å². The molecule has 1 aromatic rings. The lowest BCUT2D eigenvalue weighted by atomic mass is 10.3. The maximum absolute atomic E-state index is 8.84. The van der Waals surface area contributed by atoms with Crippen molar-refractivity contribution in [1.82, 2.24) is 4.37 Å². The largest absolute Gasteiger partial charge is 0.382 e. The van der Waals surface area contributed by atoms with Gasteiger partial charge in [-0.05, 0) is 25.4 Å².